The van der Waals surface area contributed by atoms with Gasteiger partial charge in [0.1, 0.15) is 11.7 Å². The normalized spacial score (nSPS) is 23.7. The number of benzene rings is 2. The largest absolute Gasteiger partial charge is 0.468 e. The van der Waals surface area contributed by atoms with Crippen LogP contribution in [0.1, 0.15) is 37.1 Å². The molecule has 0 spiro atoms. The molecule has 9 heteroatoms. The van der Waals surface area contributed by atoms with Crippen LogP contribution in [0.15, 0.2) is 53.1 Å². The van der Waals surface area contributed by atoms with Gasteiger partial charge < -0.3 is 19.9 Å². The van der Waals surface area contributed by atoms with Gasteiger partial charge in [0.05, 0.1) is 0 Å². The molecule has 1 fully saturated rings. The van der Waals surface area contributed by atoms with Crippen molar-refractivity contribution in [3.63, 3.8) is 0 Å². The minimum absolute atomic E-state index is 0.293. The van der Waals surface area contributed by atoms with Crippen LogP contribution < -0.4 is 10.5 Å². The first-order valence-electron chi connectivity index (χ1n) is 10.8. The first-order valence-corrected chi connectivity index (χ1v) is 11.2. The lowest BCUT2D eigenvalue weighted by Crippen LogP contribution is -2.64. The van der Waals surface area contributed by atoms with Crippen molar-refractivity contribution in [3.8, 4) is 17.1 Å². The van der Waals surface area contributed by atoms with Crippen LogP contribution in [0.4, 0.5) is 0 Å². The Morgan fingerprint density at radius 1 is 1.24 bits per heavy atom. The van der Waals surface area contributed by atoms with Crippen molar-refractivity contribution in [2.24, 2.45) is 11.7 Å². The van der Waals surface area contributed by atoms with Gasteiger partial charge in [-0.1, -0.05) is 35.0 Å². The number of nitrogens with zero attached hydrogens (tertiary/aromatic N) is 3. The maximum atomic E-state index is 13.3. The van der Waals surface area contributed by atoms with Gasteiger partial charge in [0.2, 0.25) is 23.5 Å². The summed E-state index contributed by atoms with van der Waals surface area (Å²) in [5.74, 6) is -0.492. The molecule has 2 bridgehead atoms. The predicted molar refractivity (Wildman–Crippen MR) is 120 cm³/mol. The molecule has 1 saturated heterocycles. The number of ether oxygens (including phenoxy) is 1. The molecular weight excluding hydrogens is 444 g/mol. The molecule has 3 atom stereocenters. The summed E-state index contributed by atoms with van der Waals surface area (Å²) in [4.78, 5) is 31.7. The van der Waals surface area contributed by atoms with E-state index in [1.807, 2.05) is 43.3 Å². The molecule has 5 rings (SSSR count). The van der Waals surface area contributed by atoms with Gasteiger partial charge in [-0.3, -0.25) is 9.59 Å². The van der Waals surface area contributed by atoms with Crippen LogP contribution >= 0.6 is 11.6 Å². The van der Waals surface area contributed by atoms with E-state index >= 15 is 0 Å². The maximum absolute atomic E-state index is 13.3. The molecule has 2 N–H and O–H groups in total. The van der Waals surface area contributed by atoms with Crippen LogP contribution in [0.2, 0.25) is 5.02 Å². The van der Waals surface area contributed by atoms with Crippen molar-refractivity contribution in [1.29, 1.82) is 0 Å². The Hall–Kier alpha value is -3.39. The first-order chi connectivity index (χ1) is 15.9. The van der Waals surface area contributed by atoms with Crippen molar-refractivity contribution >= 4 is 23.4 Å². The molecule has 2 aromatic carbocycles. The Morgan fingerprint density at radius 2 is 2.00 bits per heavy atom. The second kappa shape index (κ2) is 8.19. The fourth-order valence-corrected chi connectivity index (χ4v) is 4.97. The van der Waals surface area contributed by atoms with Gasteiger partial charge in [0.25, 0.3) is 0 Å². The van der Waals surface area contributed by atoms with E-state index in [-0.39, 0.29) is 11.8 Å². The Labute approximate surface area is 195 Å². The molecule has 2 amide bonds. The fourth-order valence-electron chi connectivity index (χ4n) is 4.84. The molecule has 1 aromatic heterocycles. The second-order valence-corrected chi connectivity index (χ2v) is 9.05. The molecule has 170 valence electrons. The first kappa shape index (κ1) is 21.5. The molecule has 3 heterocycles. The average Bonchev–Trinajstić information content (AvgIpc) is 3.25. The highest BCUT2D eigenvalue weighted by Gasteiger charge is 2.55. The number of hydrogen-bond donors (Lipinski definition) is 1. The monoisotopic (exact) mass is 466 g/mol. The Balaban J connectivity index is 1.32. The fraction of sp³-hybridized carbons (Fsp3) is 0.333. The van der Waals surface area contributed by atoms with Crippen molar-refractivity contribution in [3.05, 3.63) is 65.0 Å². The topological polar surface area (TPSA) is 112 Å². The zero-order valence-electron chi connectivity index (χ0n) is 18.0. The summed E-state index contributed by atoms with van der Waals surface area (Å²) in [5, 5.41) is 4.66. The molecule has 0 saturated carbocycles. The highest BCUT2D eigenvalue weighted by molar-refractivity contribution is 6.30. The Kier molecular flexibility index (Phi) is 5.32. The third-order valence-corrected chi connectivity index (χ3v) is 6.65. The minimum atomic E-state index is -0.914. The van der Waals surface area contributed by atoms with Gasteiger partial charge in [0, 0.05) is 35.9 Å². The average molecular weight is 467 g/mol. The lowest BCUT2D eigenvalue weighted by molar-refractivity contribution is -0.175. The van der Waals surface area contributed by atoms with Crippen LogP contribution in [-0.4, -0.2) is 39.1 Å². The Bertz CT molecular complexity index is 1210. The summed E-state index contributed by atoms with van der Waals surface area (Å²) >= 11 is 5.93. The standard InChI is InChI=1S/C24H23ClN4O4/c1-24-13-17(16-5-2-3-6-18(16)32-24)20(21(26)30)23(31)29(24)12-4-7-19-27-22(28-33-19)14-8-10-15(25)11-9-14/h2-3,5-6,8-11,17,20H,4,7,12-13H2,1H3,(H2,26,30)/t17-,20+,24-/m0/s1. The molecule has 0 aliphatic carbocycles. The van der Waals surface area contributed by atoms with E-state index in [2.05, 4.69) is 10.1 Å². The van der Waals surface area contributed by atoms with E-state index in [1.54, 1.807) is 17.0 Å². The molecule has 0 radical (unpaired) electrons. The van der Waals surface area contributed by atoms with Crippen LogP contribution in [0.5, 0.6) is 5.75 Å². The number of primary amides is 1. The zero-order chi connectivity index (χ0) is 23.2. The highest BCUT2D eigenvalue weighted by atomic mass is 35.5. The number of aryl methyl sites for hydroxylation is 1. The number of para-hydroxylation sites is 1. The van der Waals surface area contributed by atoms with Gasteiger partial charge >= 0.3 is 0 Å². The number of halogens is 1. The SMILES string of the molecule is C[C@@]12C[C@@H](c3ccccc3O1)[C@H](C(N)=O)C(=O)N2CCCc1nc(-c2ccc(Cl)cc2)no1. The van der Waals surface area contributed by atoms with Crippen LogP contribution in [0, 0.1) is 5.92 Å². The van der Waals surface area contributed by atoms with Gasteiger partial charge in [-0.2, -0.15) is 4.98 Å². The summed E-state index contributed by atoms with van der Waals surface area (Å²) in [5.41, 5.74) is 6.48. The van der Waals surface area contributed by atoms with Crippen LogP contribution in [0.25, 0.3) is 11.4 Å². The van der Waals surface area contributed by atoms with E-state index in [0.717, 1.165) is 11.1 Å². The number of piperidine rings is 1. The molecule has 2 aliphatic rings. The second-order valence-electron chi connectivity index (χ2n) is 8.62. The molecule has 8 nitrogen and oxygen atoms in total. The number of rotatable bonds is 6. The highest BCUT2D eigenvalue weighted by Crippen LogP contribution is 2.50. The number of aromatic nitrogens is 2. The molecule has 0 unspecified atom stereocenters. The number of carbonyl (C=O) groups is 2. The molecule has 2 aliphatic heterocycles. The lowest BCUT2D eigenvalue weighted by atomic mass is 9.73. The summed E-state index contributed by atoms with van der Waals surface area (Å²) in [6.07, 6.45) is 1.54. The smallest absolute Gasteiger partial charge is 0.238 e. The minimum Gasteiger partial charge on any atom is -0.468 e. The van der Waals surface area contributed by atoms with Gasteiger partial charge in [-0.05, 0) is 49.2 Å². The summed E-state index contributed by atoms with van der Waals surface area (Å²) in [7, 11) is 0. The van der Waals surface area contributed by atoms with Crippen LogP contribution in [0.3, 0.4) is 0 Å². The number of likely N-dealkylation sites (tertiary alicyclic amines) is 1. The van der Waals surface area contributed by atoms with Crippen molar-refractivity contribution in [2.75, 3.05) is 6.54 Å². The van der Waals surface area contributed by atoms with Crippen molar-refractivity contribution in [1.82, 2.24) is 15.0 Å². The molecule has 33 heavy (non-hydrogen) atoms. The zero-order valence-corrected chi connectivity index (χ0v) is 18.8. The number of fused-ring (bicyclic) bond motifs is 4. The third-order valence-electron chi connectivity index (χ3n) is 6.40. The van der Waals surface area contributed by atoms with E-state index in [4.69, 9.17) is 26.6 Å². The number of carbonyl (C=O) groups excluding carboxylic acids is 2. The maximum Gasteiger partial charge on any atom is 0.238 e. The van der Waals surface area contributed by atoms with E-state index in [1.165, 1.54) is 0 Å². The lowest BCUT2D eigenvalue weighted by Gasteiger charge is -2.52. The summed E-state index contributed by atoms with van der Waals surface area (Å²) in [6, 6.07) is 14.7. The molecular formula is C24H23ClN4O4. The van der Waals surface area contributed by atoms with Crippen LogP contribution in [-0.2, 0) is 16.0 Å². The Morgan fingerprint density at radius 3 is 2.76 bits per heavy atom. The molecule has 3 aromatic rings. The summed E-state index contributed by atoms with van der Waals surface area (Å²) < 4.78 is 11.6. The van der Waals surface area contributed by atoms with Gasteiger partial charge in [0.15, 0.2) is 5.72 Å². The quantitative estimate of drug-likeness (QED) is 0.556. The van der Waals surface area contributed by atoms with Gasteiger partial charge in [-0.25, -0.2) is 0 Å². The van der Waals surface area contributed by atoms with Crippen molar-refractivity contribution < 1.29 is 18.8 Å². The number of hydrogen-bond acceptors (Lipinski definition) is 6. The van der Waals surface area contributed by atoms with E-state index in [9.17, 15) is 9.59 Å². The number of nitrogens with two attached hydrogens (primary N) is 1. The van der Waals surface area contributed by atoms with E-state index in [0.29, 0.717) is 48.3 Å². The summed E-state index contributed by atoms with van der Waals surface area (Å²) in [6.45, 7) is 2.25. The predicted octanol–water partition coefficient (Wildman–Crippen LogP) is 3.55. The van der Waals surface area contributed by atoms with E-state index < -0.39 is 17.6 Å². The van der Waals surface area contributed by atoms with Crippen molar-refractivity contribution in [2.45, 2.75) is 37.8 Å². The van der Waals surface area contributed by atoms with Gasteiger partial charge in [-0.15, -0.1) is 0 Å². The number of amides is 2. The third kappa shape index (κ3) is 3.84.